The molecule has 0 fully saturated rings. The Hall–Kier alpha value is -2.07. The Morgan fingerprint density at radius 3 is 2.94 bits per heavy atom. The van der Waals surface area contributed by atoms with Crippen molar-refractivity contribution in [2.24, 2.45) is 5.73 Å². The van der Waals surface area contributed by atoms with Crippen LogP contribution in [0.3, 0.4) is 0 Å². The molecule has 0 spiro atoms. The molecule has 0 aliphatic heterocycles. The smallest absolute Gasteiger partial charge is 0.320 e. The van der Waals surface area contributed by atoms with E-state index in [2.05, 4.69) is 11.6 Å². The van der Waals surface area contributed by atoms with Crippen molar-refractivity contribution < 1.29 is 9.90 Å². The van der Waals surface area contributed by atoms with Crippen LogP contribution in [-0.2, 0) is 11.2 Å². The summed E-state index contributed by atoms with van der Waals surface area (Å²) in [6.45, 7) is 5.70. The van der Waals surface area contributed by atoms with E-state index in [1.807, 2.05) is 25.1 Å². The summed E-state index contributed by atoms with van der Waals surface area (Å²) in [5, 5.41) is 9.91. The number of hydrogen-bond acceptors (Lipinski definition) is 2. The summed E-state index contributed by atoms with van der Waals surface area (Å²) >= 11 is 0. The van der Waals surface area contributed by atoms with Crippen molar-refractivity contribution in [3.05, 3.63) is 41.6 Å². The predicted molar refractivity (Wildman–Crippen MR) is 72.4 cm³/mol. The maximum Gasteiger partial charge on any atom is 0.320 e. The molecule has 0 radical (unpaired) electrons. The Kier molecular flexibility index (Phi) is 3.21. The van der Waals surface area contributed by atoms with Crippen LogP contribution in [-0.4, -0.2) is 22.1 Å². The summed E-state index contributed by atoms with van der Waals surface area (Å²) in [6, 6.07) is 4.99. The number of nitrogens with one attached hydrogen (secondary N) is 1. The van der Waals surface area contributed by atoms with E-state index in [0.717, 1.165) is 27.7 Å². The molecule has 94 valence electrons. The summed E-state index contributed by atoms with van der Waals surface area (Å²) in [6.07, 6.45) is 2.10. The first kappa shape index (κ1) is 12.4. The topological polar surface area (TPSA) is 79.1 Å². The van der Waals surface area contributed by atoms with Crippen LogP contribution in [0, 0.1) is 6.92 Å². The van der Waals surface area contributed by atoms with E-state index in [-0.39, 0.29) is 0 Å². The minimum atomic E-state index is -0.983. The maximum atomic E-state index is 10.8. The molecule has 1 heterocycles. The second kappa shape index (κ2) is 4.66. The average Bonchev–Trinajstić information content (AvgIpc) is 2.65. The quantitative estimate of drug-likeness (QED) is 0.770. The Bertz CT molecular complexity index is 614. The molecule has 1 atom stereocenters. The molecule has 4 nitrogen and oxygen atoms in total. The van der Waals surface area contributed by atoms with Crippen molar-refractivity contribution in [3.8, 4) is 0 Å². The highest BCUT2D eigenvalue weighted by Crippen LogP contribution is 2.26. The van der Waals surface area contributed by atoms with Gasteiger partial charge < -0.3 is 15.8 Å². The number of aliphatic carboxylic acids is 1. The van der Waals surface area contributed by atoms with Gasteiger partial charge in [-0.25, -0.2) is 0 Å². The van der Waals surface area contributed by atoms with Gasteiger partial charge in [-0.3, -0.25) is 4.79 Å². The normalized spacial score (nSPS) is 12.6. The summed E-state index contributed by atoms with van der Waals surface area (Å²) in [4.78, 5) is 14.1. The van der Waals surface area contributed by atoms with Crippen LogP contribution in [0.15, 0.2) is 24.8 Å². The fourth-order valence-corrected chi connectivity index (χ4v) is 2.17. The lowest BCUT2D eigenvalue weighted by Crippen LogP contribution is -2.32. The summed E-state index contributed by atoms with van der Waals surface area (Å²) in [5.74, 6) is -0.983. The largest absolute Gasteiger partial charge is 0.480 e. The number of carboxylic acid groups (broad SMARTS) is 1. The standard InChI is InChI=1S/C14H16N2O2/c1-3-9-5-4-6-10-11(7-12(15)14(17)18)8(2)16-13(9)10/h3-6,12,16H,1,7,15H2,2H3,(H,17,18). The van der Waals surface area contributed by atoms with Crippen LogP contribution in [0.2, 0.25) is 0 Å². The van der Waals surface area contributed by atoms with Gasteiger partial charge in [-0.15, -0.1) is 0 Å². The monoisotopic (exact) mass is 244 g/mol. The van der Waals surface area contributed by atoms with Crippen molar-refractivity contribution in [3.63, 3.8) is 0 Å². The zero-order valence-electron chi connectivity index (χ0n) is 10.2. The molecule has 1 aromatic heterocycles. The average molecular weight is 244 g/mol. The first-order valence-electron chi connectivity index (χ1n) is 5.75. The van der Waals surface area contributed by atoms with Crippen molar-refractivity contribution in [2.75, 3.05) is 0 Å². The minimum Gasteiger partial charge on any atom is -0.480 e. The fourth-order valence-electron chi connectivity index (χ4n) is 2.17. The number of carbonyl (C=O) groups is 1. The Morgan fingerprint density at radius 2 is 2.33 bits per heavy atom. The summed E-state index contributed by atoms with van der Waals surface area (Å²) in [7, 11) is 0. The van der Waals surface area contributed by atoms with Crippen molar-refractivity contribution in [1.82, 2.24) is 4.98 Å². The highest BCUT2D eigenvalue weighted by Gasteiger charge is 2.17. The maximum absolute atomic E-state index is 10.8. The molecule has 2 rings (SSSR count). The van der Waals surface area contributed by atoms with E-state index in [0.29, 0.717) is 6.42 Å². The number of aromatic nitrogens is 1. The molecule has 1 unspecified atom stereocenters. The third-order valence-electron chi connectivity index (χ3n) is 3.15. The number of carboxylic acids is 1. The Labute approximate surface area is 105 Å². The van der Waals surface area contributed by atoms with Crippen LogP contribution in [0.5, 0.6) is 0 Å². The molecule has 0 saturated heterocycles. The van der Waals surface area contributed by atoms with E-state index in [4.69, 9.17) is 10.8 Å². The molecule has 1 aromatic carbocycles. The number of rotatable bonds is 4. The van der Waals surface area contributed by atoms with Gasteiger partial charge in [-0.2, -0.15) is 0 Å². The van der Waals surface area contributed by atoms with Crippen LogP contribution in [0.1, 0.15) is 16.8 Å². The van der Waals surface area contributed by atoms with Crippen LogP contribution in [0.25, 0.3) is 17.0 Å². The molecular weight excluding hydrogens is 228 g/mol. The zero-order valence-corrected chi connectivity index (χ0v) is 10.2. The van der Waals surface area contributed by atoms with Crippen molar-refractivity contribution in [1.29, 1.82) is 0 Å². The van der Waals surface area contributed by atoms with E-state index in [9.17, 15) is 4.79 Å². The van der Waals surface area contributed by atoms with Gasteiger partial charge in [0.15, 0.2) is 0 Å². The first-order valence-corrected chi connectivity index (χ1v) is 5.75. The molecule has 0 aliphatic rings. The summed E-state index contributed by atoms with van der Waals surface area (Å²) < 4.78 is 0. The third kappa shape index (κ3) is 2.02. The van der Waals surface area contributed by atoms with Gasteiger partial charge in [0.25, 0.3) is 0 Å². The highest BCUT2D eigenvalue weighted by molar-refractivity contribution is 5.91. The molecule has 18 heavy (non-hydrogen) atoms. The number of aryl methyl sites for hydroxylation is 1. The zero-order chi connectivity index (χ0) is 13.3. The fraction of sp³-hybridized carbons (Fsp3) is 0.214. The number of para-hydroxylation sites is 1. The predicted octanol–water partition coefficient (Wildman–Crippen LogP) is 2.07. The van der Waals surface area contributed by atoms with Gasteiger partial charge in [-0.1, -0.05) is 30.9 Å². The molecule has 4 heteroatoms. The number of fused-ring (bicyclic) bond motifs is 1. The van der Waals surface area contributed by atoms with Gasteiger partial charge in [0.05, 0.1) is 5.52 Å². The van der Waals surface area contributed by atoms with Crippen molar-refractivity contribution in [2.45, 2.75) is 19.4 Å². The van der Waals surface area contributed by atoms with Gasteiger partial charge in [0.1, 0.15) is 6.04 Å². The molecule has 4 N–H and O–H groups in total. The third-order valence-corrected chi connectivity index (χ3v) is 3.15. The van der Waals surface area contributed by atoms with Crippen LogP contribution >= 0.6 is 0 Å². The Morgan fingerprint density at radius 1 is 1.61 bits per heavy atom. The number of H-pyrrole nitrogens is 1. The van der Waals surface area contributed by atoms with E-state index in [1.165, 1.54) is 0 Å². The number of aromatic amines is 1. The molecule has 0 aliphatic carbocycles. The molecule has 2 aromatic rings. The lowest BCUT2D eigenvalue weighted by atomic mass is 10.0. The minimum absolute atomic E-state index is 0.321. The van der Waals surface area contributed by atoms with Gasteiger partial charge in [0, 0.05) is 17.5 Å². The van der Waals surface area contributed by atoms with E-state index < -0.39 is 12.0 Å². The number of nitrogens with two attached hydrogens (primary N) is 1. The number of benzene rings is 1. The molecular formula is C14H16N2O2. The van der Waals surface area contributed by atoms with Crippen molar-refractivity contribution >= 4 is 22.9 Å². The van der Waals surface area contributed by atoms with Gasteiger partial charge >= 0.3 is 5.97 Å². The molecule has 0 saturated carbocycles. The second-order valence-electron chi connectivity index (χ2n) is 4.35. The summed E-state index contributed by atoms with van der Waals surface area (Å²) in [5.41, 5.74) is 9.51. The lowest BCUT2D eigenvalue weighted by Gasteiger charge is -2.06. The van der Waals surface area contributed by atoms with Gasteiger partial charge in [0.2, 0.25) is 0 Å². The highest BCUT2D eigenvalue weighted by atomic mass is 16.4. The van der Waals surface area contributed by atoms with Crippen LogP contribution < -0.4 is 5.73 Å². The molecule has 0 amide bonds. The Balaban J connectivity index is 2.54. The number of hydrogen-bond donors (Lipinski definition) is 3. The first-order chi connectivity index (χ1) is 8.54. The van der Waals surface area contributed by atoms with E-state index in [1.54, 1.807) is 6.08 Å². The SMILES string of the molecule is C=Cc1cccc2c(CC(N)C(=O)O)c(C)[nH]c12. The van der Waals surface area contributed by atoms with Crippen LogP contribution in [0.4, 0.5) is 0 Å². The second-order valence-corrected chi connectivity index (χ2v) is 4.35. The lowest BCUT2D eigenvalue weighted by molar-refractivity contribution is -0.138. The van der Waals surface area contributed by atoms with Gasteiger partial charge in [-0.05, 0) is 18.1 Å². The molecule has 0 bridgehead atoms. The van der Waals surface area contributed by atoms with E-state index >= 15 is 0 Å².